The highest BCUT2D eigenvalue weighted by atomic mass is 16.6. The highest BCUT2D eigenvalue weighted by molar-refractivity contribution is 6.01. The predicted octanol–water partition coefficient (Wildman–Crippen LogP) is 4.91. The molecule has 1 fully saturated rings. The molecule has 1 heterocycles. The van der Waals surface area contributed by atoms with Crippen LogP contribution >= 0.6 is 0 Å². The summed E-state index contributed by atoms with van der Waals surface area (Å²) in [4.78, 5) is 27.4. The summed E-state index contributed by atoms with van der Waals surface area (Å²) in [5, 5.41) is 0. The van der Waals surface area contributed by atoms with Crippen molar-refractivity contribution in [3.63, 3.8) is 0 Å². The van der Waals surface area contributed by atoms with E-state index in [9.17, 15) is 9.59 Å². The van der Waals surface area contributed by atoms with Crippen molar-refractivity contribution in [1.82, 2.24) is 4.90 Å². The Morgan fingerprint density at radius 3 is 2.44 bits per heavy atom. The van der Waals surface area contributed by atoms with Gasteiger partial charge in [0.05, 0.1) is 5.41 Å². The van der Waals surface area contributed by atoms with Crippen molar-refractivity contribution in [2.75, 3.05) is 13.1 Å². The lowest BCUT2D eigenvalue weighted by Crippen LogP contribution is -2.39. The molecule has 138 valence electrons. The fourth-order valence-electron chi connectivity index (χ4n) is 3.53. The predicted molar refractivity (Wildman–Crippen MR) is 100 cm³/mol. The molecule has 25 heavy (non-hydrogen) atoms. The maximum atomic E-state index is 13.3. The van der Waals surface area contributed by atoms with Crippen LogP contribution in [0.4, 0.5) is 4.79 Å². The van der Waals surface area contributed by atoms with Crippen molar-refractivity contribution in [2.45, 2.75) is 66.4 Å². The molecular weight excluding hydrogens is 314 g/mol. The second kappa shape index (κ2) is 7.19. The first-order valence-corrected chi connectivity index (χ1v) is 9.18. The molecule has 0 bridgehead atoms. The average molecular weight is 345 g/mol. The molecule has 0 radical (unpaired) electrons. The molecule has 0 N–H and O–H groups in total. The largest absolute Gasteiger partial charge is 0.444 e. The van der Waals surface area contributed by atoms with Crippen molar-refractivity contribution < 1.29 is 14.3 Å². The first kappa shape index (κ1) is 19.5. The van der Waals surface area contributed by atoms with Crippen LogP contribution in [0.2, 0.25) is 0 Å². The number of Topliss-reactive ketones (excluding diaryl/α,β-unsaturated/α-hetero) is 1. The van der Waals surface area contributed by atoms with E-state index in [0.717, 1.165) is 24.0 Å². The van der Waals surface area contributed by atoms with E-state index in [2.05, 4.69) is 6.92 Å². The molecule has 1 aromatic carbocycles. The third-order valence-electron chi connectivity index (χ3n) is 4.98. The van der Waals surface area contributed by atoms with Crippen LogP contribution < -0.4 is 0 Å². The van der Waals surface area contributed by atoms with E-state index in [0.29, 0.717) is 19.5 Å². The van der Waals surface area contributed by atoms with Gasteiger partial charge in [-0.15, -0.1) is 0 Å². The van der Waals surface area contributed by atoms with Gasteiger partial charge in [-0.3, -0.25) is 4.79 Å². The van der Waals surface area contributed by atoms with Crippen LogP contribution in [0.3, 0.4) is 0 Å². The molecule has 1 aromatic rings. The summed E-state index contributed by atoms with van der Waals surface area (Å²) in [6.07, 6.45) is 2.08. The van der Waals surface area contributed by atoms with Crippen LogP contribution in [0.25, 0.3) is 0 Å². The van der Waals surface area contributed by atoms with E-state index in [4.69, 9.17) is 4.74 Å². The van der Waals surface area contributed by atoms with Gasteiger partial charge in [-0.05, 0) is 64.7 Å². The Bertz CT molecular complexity index is 660. The summed E-state index contributed by atoms with van der Waals surface area (Å²) in [7, 11) is 0. The maximum Gasteiger partial charge on any atom is 0.410 e. The molecule has 0 saturated carbocycles. The normalized spacial score (nSPS) is 20.6. The van der Waals surface area contributed by atoms with E-state index in [1.807, 2.05) is 52.8 Å². The molecule has 1 aliphatic heterocycles. The number of aryl methyl sites for hydroxylation is 2. The topological polar surface area (TPSA) is 46.6 Å². The van der Waals surface area contributed by atoms with Crippen molar-refractivity contribution in [3.8, 4) is 0 Å². The zero-order valence-corrected chi connectivity index (χ0v) is 16.4. The van der Waals surface area contributed by atoms with Gasteiger partial charge in [0.1, 0.15) is 5.60 Å². The fourth-order valence-corrected chi connectivity index (χ4v) is 3.53. The number of benzene rings is 1. The number of amides is 1. The Morgan fingerprint density at radius 1 is 1.20 bits per heavy atom. The molecule has 1 aliphatic rings. The smallest absolute Gasteiger partial charge is 0.410 e. The molecule has 2 rings (SSSR count). The minimum Gasteiger partial charge on any atom is -0.444 e. The maximum absolute atomic E-state index is 13.3. The Hall–Kier alpha value is -1.84. The highest BCUT2D eigenvalue weighted by Crippen LogP contribution is 2.39. The highest BCUT2D eigenvalue weighted by Gasteiger charge is 2.46. The van der Waals surface area contributed by atoms with Gasteiger partial charge in [-0.2, -0.15) is 0 Å². The summed E-state index contributed by atoms with van der Waals surface area (Å²) in [6.45, 7) is 12.8. The van der Waals surface area contributed by atoms with Gasteiger partial charge >= 0.3 is 6.09 Å². The molecule has 1 saturated heterocycles. The molecule has 4 heteroatoms. The summed E-state index contributed by atoms with van der Waals surface area (Å²) >= 11 is 0. The monoisotopic (exact) mass is 345 g/mol. The van der Waals surface area contributed by atoms with Gasteiger partial charge in [0.25, 0.3) is 0 Å². The summed E-state index contributed by atoms with van der Waals surface area (Å²) in [5.41, 5.74) is 2.04. The van der Waals surface area contributed by atoms with Gasteiger partial charge in [0.15, 0.2) is 5.78 Å². The zero-order valence-electron chi connectivity index (χ0n) is 16.4. The van der Waals surface area contributed by atoms with E-state index < -0.39 is 11.0 Å². The number of ether oxygens (including phenoxy) is 1. The van der Waals surface area contributed by atoms with Crippen molar-refractivity contribution in [2.24, 2.45) is 5.41 Å². The molecule has 0 spiro atoms. The molecule has 1 unspecified atom stereocenters. The van der Waals surface area contributed by atoms with Gasteiger partial charge < -0.3 is 9.64 Å². The quantitative estimate of drug-likeness (QED) is 0.728. The van der Waals surface area contributed by atoms with Crippen molar-refractivity contribution >= 4 is 11.9 Å². The molecular formula is C21H31NO3. The second-order valence-corrected chi connectivity index (χ2v) is 8.31. The average Bonchev–Trinajstić information content (AvgIpc) is 2.94. The lowest BCUT2D eigenvalue weighted by atomic mass is 9.75. The summed E-state index contributed by atoms with van der Waals surface area (Å²) in [6, 6.07) is 5.90. The van der Waals surface area contributed by atoms with Crippen molar-refractivity contribution in [1.29, 1.82) is 0 Å². The Morgan fingerprint density at radius 2 is 1.88 bits per heavy atom. The van der Waals surface area contributed by atoms with E-state index >= 15 is 0 Å². The van der Waals surface area contributed by atoms with Crippen LogP contribution in [0, 0.1) is 19.3 Å². The van der Waals surface area contributed by atoms with E-state index in [1.54, 1.807) is 4.90 Å². The van der Waals surface area contributed by atoms with Crippen LogP contribution in [0.15, 0.2) is 18.2 Å². The SMILES string of the molecule is CCCC1(C(=O)c2ccc(C)c(C)c2)CCN(C(=O)OC(C)(C)C)C1. The Kier molecular flexibility index (Phi) is 5.60. The number of rotatable bonds is 4. The van der Waals surface area contributed by atoms with Crippen LogP contribution in [-0.2, 0) is 4.74 Å². The molecule has 1 atom stereocenters. The third-order valence-corrected chi connectivity index (χ3v) is 4.98. The Balaban J connectivity index is 2.23. The third kappa shape index (κ3) is 4.42. The number of carbonyl (C=O) groups is 2. The number of hydrogen-bond acceptors (Lipinski definition) is 3. The van der Waals surface area contributed by atoms with Gasteiger partial charge in [-0.1, -0.05) is 25.5 Å². The van der Waals surface area contributed by atoms with E-state index in [-0.39, 0.29) is 11.9 Å². The molecule has 0 aliphatic carbocycles. The molecule has 1 amide bonds. The number of hydrogen-bond donors (Lipinski definition) is 0. The fraction of sp³-hybridized carbons (Fsp3) is 0.619. The van der Waals surface area contributed by atoms with Gasteiger partial charge in [0.2, 0.25) is 0 Å². The minimum atomic E-state index is -0.523. The first-order chi connectivity index (χ1) is 11.6. The summed E-state index contributed by atoms with van der Waals surface area (Å²) in [5.74, 6) is 0.156. The minimum absolute atomic E-state index is 0.156. The molecule has 4 nitrogen and oxygen atoms in total. The zero-order chi connectivity index (χ0) is 18.8. The first-order valence-electron chi connectivity index (χ1n) is 9.18. The summed E-state index contributed by atoms with van der Waals surface area (Å²) < 4.78 is 5.49. The van der Waals surface area contributed by atoms with Gasteiger partial charge in [0, 0.05) is 18.7 Å². The number of likely N-dealkylation sites (tertiary alicyclic amines) is 1. The van der Waals surface area contributed by atoms with Crippen LogP contribution in [0.1, 0.15) is 68.4 Å². The van der Waals surface area contributed by atoms with Crippen LogP contribution in [0.5, 0.6) is 0 Å². The van der Waals surface area contributed by atoms with E-state index in [1.165, 1.54) is 5.56 Å². The van der Waals surface area contributed by atoms with Crippen LogP contribution in [-0.4, -0.2) is 35.5 Å². The number of ketones is 1. The number of carbonyl (C=O) groups excluding carboxylic acids is 2. The standard InChI is InChI=1S/C21H31NO3/c1-7-10-21(18(23)17-9-8-15(2)16(3)13-17)11-12-22(14-21)19(24)25-20(4,5)6/h8-9,13H,7,10-12,14H2,1-6H3. The second-order valence-electron chi connectivity index (χ2n) is 8.31. The van der Waals surface area contributed by atoms with Crippen molar-refractivity contribution in [3.05, 3.63) is 34.9 Å². The van der Waals surface area contributed by atoms with Gasteiger partial charge in [-0.25, -0.2) is 4.79 Å². The number of nitrogens with zero attached hydrogens (tertiary/aromatic N) is 1. The lowest BCUT2D eigenvalue weighted by molar-refractivity contribution is 0.0272. The Labute approximate surface area is 151 Å². The lowest BCUT2D eigenvalue weighted by Gasteiger charge is -2.29. The molecule has 0 aromatic heterocycles.